The number of aromatic nitrogens is 1. The maximum atomic E-state index is 12.3. The molecule has 0 N–H and O–H groups in total. The van der Waals surface area contributed by atoms with Gasteiger partial charge in [0.15, 0.2) is 0 Å². The third-order valence-corrected chi connectivity index (χ3v) is 3.29. The zero-order chi connectivity index (χ0) is 16.0. The Hall–Kier alpha value is -2.50. The molecule has 0 saturated heterocycles. The van der Waals surface area contributed by atoms with Crippen molar-refractivity contribution in [3.8, 4) is 0 Å². The van der Waals surface area contributed by atoms with E-state index in [1.165, 1.54) is 24.5 Å². The van der Waals surface area contributed by atoms with Crippen molar-refractivity contribution < 1.29 is 9.59 Å². The monoisotopic (exact) mass is 328 g/mol. The van der Waals surface area contributed by atoms with Crippen LogP contribution in [0, 0.1) is 0 Å². The molecule has 2 heterocycles. The lowest BCUT2D eigenvalue weighted by Gasteiger charge is -2.26. The van der Waals surface area contributed by atoms with Crippen LogP contribution in [0.15, 0.2) is 45.6 Å². The van der Waals surface area contributed by atoms with Crippen LogP contribution >= 0.6 is 24.4 Å². The number of isothiocyanates is 2. The number of thiocarbonyl (C=S) groups is 2. The predicted octanol–water partition coefficient (Wildman–Crippen LogP) is 2.18. The summed E-state index contributed by atoms with van der Waals surface area (Å²) in [6.07, 6.45) is 6.29. The van der Waals surface area contributed by atoms with Gasteiger partial charge in [0.25, 0.3) is 11.8 Å². The number of rotatable bonds is 3. The number of pyridine rings is 1. The van der Waals surface area contributed by atoms with Gasteiger partial charge in [-0.1, -0.05) is 0 Å². The van der Waals surface area contributed by atoms with Crippen LogP contribution in [0.1, 0.15) is 22.5 Å². The summed E-state index contributed by atoms with van der Waals surface area (Å²) in [7, 11) is 0. The summed E-state index contributed by atoms with van der Waals surface area (Å²) in [5, 5.41) is 4.07. The van der Waals surface area contributed by atoms with E-state index in [1.807, 2.05) is 5.16 Å². The Balaban J connectivity index is 2.56. The van der Waals surface area contributed by atoms with Gasteiger partial charge in [0.1, 0.15) is 5.41 Å². The Morgan fingerprint density at radius 3 is 2.68 bits per heavy atom. The molecule has 6 nitrogen and oxygen atoms in total. The fourth-order valence-corrected chi connectivity index (χ4v) is 2.17. The van der Waals surface area contributed by atoms with Gasteiger partial charge in [-0.25, -0.2) is 0 Å². The molecule has 22 heavy (non-hydrogen) atoms. The van der Waals surface area contributed by atoms with E-state index in [-0.39, 0.29) is 12.0 Å². The zero-order valence-corrected chi connectivity index (χ0v) is 12.7. The maximum absolute atomic E-state index is 12.3. The first-order valence-electron chi connectivity index (χ1n) is 6.04. The van der Waals surface area contributed by atoms with E-state index in [0.29, 0.717) is 5.69 Å². The summed E-state index contributed by atoms with van der Waals surface area (Å²) in [4.78, 5) is 39.2. The number of aliphatic imine (C=N–C) groups is 3. The molecule has 1 aromatic heterocycles. The second-order valence-corrected chi connectivity index (χ2v) is 4.63. The molecule has 0 saturated carbocycles. The molecular formula is C14H8N4O2S2. The minimum absolute atomic E-state index is 0.247. The molecule has 2 amide bonds. The van der Waals surface area contributed by atoms with Crippen LogP contribution in [0.4, 0.5) is 0 Å². The second kappa shape index (κ2) is 6.98. The molecule has 0 aromatic carbocycles. The standard InChI is InChI=1S/C14H8N4O2S2/c19-12(17-8-21)10-1-4-16-11(7-10)14(13(20)18-9-22)2-5-15-6-3-14/h1-2,4-7H,3H2. The summed E-state index contributed by atoms with van der Waals surface area (Å²) in [5.41, 5.74) is -0.568. The van der Waals surface area contributed by atoms with Gasteiger partial charge in [-0.3, -0.25) is 19.6 Å². The molecule has 8 heteroatoms. The smallest absolute Gasteiger partial charge is 0.270 e. The van der Waals surface area contributed by atoms with E-state index in [4.69, 9.17) is 0 Å². The van der Waals surface area contributed by atoms with Crippen molar-refractivity contribution in [2.75, 3.05) is 0 Å². The molecule has 0 aliphatic carbocycles. The van der Waals surface area contributed by atoms with Gasteiger partial charge < -0.3 is 0 Å². The third kappa shape index (κ3) is 3.05. The van der Waals surface area contributed by atoms with Crippen molar-refractivity contribution in [2.24, 2.45) is 15.0 Å². The van der Waals surface area contributed by atoms with Crippen molar-refractivity contribution in [3.63, 3.8) is 0 Å². The van der Waals surface area contributed by atoms with Crippen LogP contribution in [0.3, 0.4) is 0 Å². The van der Waals surface area contributed by atoms with E-state index < -0.39 is 17.2 Å². The maximum Gasteiger partial charge on any atom is 0.285 e. The number of carbonyl (C=O) groups is 2. The highest BCUT2D eigenvalue weighted by Gasteiger charge is 2.40. The first-order chi connectivity index (χ1) is 10.6. The fourth-order valence-electron chi connectivity index (χ4n) is 2.01. The molecule has 1 unspecified atom stereocenters. The number of carbonyl (C=O) groups excluding carboxylic acids is 2. The molecule has 1 aliphatic heterocycles. The molecule has 0 radical (unpaired) electrons. The average molecular weight is 328 g/mol. The van der Waals surface area contributed by atoms with Gasteiger partial charge >= 0.3 is 0 Å². The van der Waals surface area contributed by atoms with E-state index in [1.54, 1.807) is 12.3 Å². The minimum atomic E-state index is -1.16. The molecule has 108 valence electrons. The van der Waals surface area contributed by atoms with Crippen molar-refractivity contribution in [1.29, 1.82) is 0 Å². The highest BCUT2D eigenvalue weighted by Crippen LogP contribution is 2.31. The molecule has 0 bridgehead atoms. The highest BCUT2D eigenvalue weighted by molar-refractivity contribution is 7.78. The van der Waals surface area contributed by atoms with Crippen molar-refractivity contribution in [3.05, 3.63) is 41.9 Å². The van der Waals surface area contributed by atoms with Crippen LogP contribution in [-0.2, 0) is 10.2 Å². The Kier molecular flexibility index (Phi) is 5.04. The van der Waals surface area contributed by atoms with Crippen molar-refractivity contribution >= 4 is 52.8 Å². The van der Waals surface area contributed by atoms with Crippen LogP contribution in [0.25, 0.3) is 0 Å². The third-order valence-electron chi connectivity index (χ3n) is 3.10. The van der Waals surface area contributed by atoms with Gasteiger partial charge in [-0.05, 0) is 42.6 Å². The molecule has 1 aromatic rings. The Morgan fingerprint density at radius 1 is 1.27 bits per heavy atom. The fraction of sp³-hybridized carbons (Fsp3) is 0.143. The van der Waals surface area contributed by atoms with Crippen LogP contribution in [0.2, 0.25) is 0 Å². The number of nitrogens with zero attached hydrogens (tertiary/aromatic N) is 4. The van der Waals surface area contributed by atoms with Gasteiger partial charge in [-0.15, -0.1) is 0 Å². The number of amides is 2. The summed E-state index contributed by atoms with van der Waals surface area (Å²) in [6, 6.07) is 2.95. The summed E-state index contributed by atoms with van der Waals surface area (Å²) in [6.45, 7) is 0. The molecular weight excluding hydrogens is 320 g/mol. The normalized spacial score (nSPS) is 18.9. The average Bonchev–Trinajstić information content (AvgIpc) is 2.56. The molecule has 0 spiro atoms. The van der Waals surface area contributed by atoms with Crippen LogP contribution in [0.5, 0.6) is 0 Å². The summed E-state index contributed by atoms with van der Waals surface area (Å²) < 4.78 is 0. The summed E-state index contributed by atoms with van der Waals surface area (Å²) in [5.74, 6) is -1.09. The van der Waals surface area contributed by atoms with E-state index >= 15 is 0 Å². The van der Waals surface area contributed by atoms with Crippen molar-refractivity contribution in [1.82, 2.24) is 4.98 Å². The lowest BCUT2D eigenvalue weighted by molar-refractivity contribution is -0.121. The Labute approximate surface area is 136 Å². The van der Waals surface area contributed by atoms with Crippen molar-refractivity contribution in [2.45, 2.75) is 11.8 Å². The van der Waals surface area contributed by atoms with E-state index in [2.05, 4.69) is 49.6 Å². The summed E-state index contributed by atoms with van der Waals surface area (Å²) >= 11 is 8.91. The number of hydrogen-bond acceptors (Lipinski definition) is 6. The van der Waals surface area contributed by atoms with Gasteiger partial charge in [-0.2, -0.15) is 9.98 Å². The minimum Gasteiger partial charge on any atom is -0.270 e. The topological polar surface area (TPSA) is 84.1 Å². The van der Waals surface area contributed by atoms with Gasteiger partial charge in [0, 0.05) is 30.6 Å². The SMILES string of the molecule is O=C(N=C=S)c1ccnc(C2(C(=O)N=C=S)C=CN=CC2)c1. The van der Waals surface area contributed by atoms with Gasteiger partial charge in [0.2, 0.25) is 0 Å². The zero-order valence-electron chi connectivity index (χ0n) is 11.1. The molecule has 1 atom stereocenters. The van der Waals surface area contributed by atoms with E-state index in [9.17, 15) is 9.59 Å². The quantitative estimate of drug-likeness (QED) is 0.627. The molecule has 2 rings (SSSR count). The molecule has 0 fully saturated rings. The lowest BCUT2D eigenvalue weighted by Crippen LogP contribution is -2.35. The predicted molar refractivity (Wildman–Crippen MR) is 87.6 cm³/mol. The van der Waals surface area contributed by atoms with Gasteiger partial charge in [0.05, 0.1) is 16.0 Å². The molecule has 1 aliphatic rings. The van der Waals surface area contributed by atoms with Crippen LogP contribution < -0.4 is 0 Å². The highest BCUT2D eigenvalue weighted by atomic mass is 32.1. The van der Waals surface area contributed by atoms with Crippen LogP contribution in [-0.4, -0.2) is 33.3 Å². The second-order valence-electron chi connectivity index (χ2n) is 4.27. The first-order valence-corrected chi connectivity index (χ1v) is 6.86. The Morgan fingerprint density at radius 2 is 2.05 bits per heavy atom. The Bertz CT molecular complexity index is 790. The number of hydrogen-bond donors (Lipinski definition) is 0. The lowest BCUT2D eigenvalue weighted by atomic mass is 9.79. The largest absolute Gasteiger partial charge is 0.285 e. The first kappa shape index (κ1) is 15.9. The van der Waals surface area contributed by atoms with E-state index in [0.717, 1.165) is 0 Å².